The maximum atomic E-state index is 13.4. The molecule has 2 bridgehead atoms. The second kappa shape index (κ2) is 5.40. The summed E-state index contributed by atoms with van der Waals surface area (Å²) in [7, 11) is 0. The molecule has 4 heteroatoms. The summed E-state index contributed by atoms with van der Waals surface area (Å²) in [6.45, 7) is 8.99. The quantitative estimate of drug-likeness (QED) is 0.788. The van der Waals surface area contributed by atoms with Gasteiger partial charge in [0, 0.05) is 13.1 Å². The highest BCUT2D eigenvalue weighted by Crippen LogP contribution is 2.49. The summed E-state index contributed by atoms with van der Waals surface area (Å²) in [6, 6.07) is 6.10. The number of piperidine rings is 1. The summed E-state index contributed by atoms with van der Waals surface area (Å²) in [5.74, 6) is 2.42. The average molecular weight is 329 g/mol. The fraction of sp³-hybridized carbons (Fsp3) is 0.650. The Balaban J connectivity index is 1.79. The molecule has 3 aliphatic rings. The Labute approximate surface area is 144 Å². The lowest BCUT2D eigenvalue weighted by atomic mass is 9.64. The first-order chi connectivity index (χ1) is 11.4. The molecule has 1 aromatic carbocycles. The summed E-state index contributed by atoms with van der Waals surface area (Å²) in [5, 5.41) is 0. The molecule has 2 atom stereocenters. The Morgan fingerprint density at radius 3 is 2.75 bits per heavy atom. The number of ether oxygens (including phenoxy) is 2. The molecule has 1 amide bonds. The summed E-state index contributed by atoms with van der Waals surface area (Å²) in [6.07, 6.45) is 4.05. The molecule has 3 aliphatic heterocycles. The van der Waals surface area contributed by atoms with Gasteiger partial charge in [0.2, 0.25) is 12.7 Å². The van der Waals surface area contributed by atoms with Crippen molar-refractivity contribution in [1.82, 2.24) is 4.90 Å². The number of fused-ring (bicyclic) bond motifs is 3. The zero-order valence-electron chi connectivity index (χ0n) is 14.9. The van der Waals surface area contributed by atoms with Gasteiger partial charge in [0.05, 0.1) is 5.41 Å². The first-order valence-corrected chi connectivity index (χ1v) is 9.10. The van der Waals surface area contributed by atoms with Crippen LogP contribution in [0.1, 0.15) is 52.0 Å². The second-order valence-corrected chi connectivity index (χ2v) is 8.60. The van der Waals surface area contributed by atoms with Crippen molar-refractivity contribution in [3.8, 4) is 11.5 Å². The maximum Gasteiger partial charge on any atom is 0.233 e. The molecule has 0 aliphatic carbocycles. The van der Waals surface area contributed by atoms with Crippen LogP contribution in [0.5, 0.6) is 11.5 Å². The van der Waals surface area contributed by atoms with E-state index in [2.05, 4.69) is 37.8 Å². The van der Waals surface area contributed by atoms with Gasteiger partial charge in [0.15, 0.2) is 11.5 Å². The van der Waals surface area contributed by atoms with Crippen molar-refractivity contribution < 1.29 is 14.3 Å². The molecular weight excluding hydrogens is 302 g/mol. The molecule has 0 aromatic heterocycles. The van der Waals surface area contributed by atoms with E-state index in [0.717, 1.165) is 55.8 Å². The van der Waals surface area contributed by atoms with Crippen molar-refractivity contribution in [2.75, 3.05) is 19.9 Å². The van der Waals surface area contributed by atoms with Gasteiger partial charge in [-0.05, 0) is 54.7 Å². The summed E-state index contributed by atoms with van der Waals surface area (Å²) in [4.78, 5) is 15.5. The van der Waals surface area contributed by atoms with E-state index in [-0.39, 0.29) is 12.2 Å². The number of carbonyl (C=O) groups is 1. The molecule has 4 nitrogen and oxygen atoms in total. The van der Waals surface area contributed by atoms with Crippen molar-refractivity contribution in [3.05, 3.63) is 23.8 Å². The number of nitrogens with zero attached hydrogens (tertiary/aromatic N) is 1. The Hall–Kier alpha value is -1.71. The van der Waals surface area contributed by atoms with E-state index < -0.39 is 5.41 Å². The van der Waals surface area contributed by atoms with Gasteiger partial charge in [-0.1, -0.05) is 26.8 Å². The van der Waals surface area contributed by atoms with Gasteiger partial charge in [-0.25, -0.2) is 0 Å². The van der Waals surface area contributed by atoms with Crippen LogP contribution in [0.2, 0.25) is 0 Å². The third-order valence-electron chi connectivity index (χ3n) is 6.22. The first kappa shape index (κ1) is 15.8. The molecule has 24 heavy (non-hydrogen) atoms. The van der Waals surface area contributed by atoms with Crippen molar-refractivity contribution in [1.29, 1.82) is 0 Å². The van der Waals surface area contributed by atoms with Crippen molar-refractivity contribution in [2.45, 2.75) is 51.9 Å². The van der Waals surface area contributed by atoms with Crippen molar-refractivity contribution in [2.24, 2.45) is 11.3 Å². The van der Waals surface area contributed by atoms with E-state index in [1.165, 1.54) is 0 Å². The minimum Gasteiger partial charge on any atom is -0.454 e. The van der Waals surface area contributed by atoms with Crippen LogP contribution in [0, 0.1) is 11.3 Å². The van der Waals surface area contributed by atoms with E-state index in [1.807, 2.05) is 6.07 Å². The molecule has 3 heterocycles. The third-order valence-corrected chi connectivity index (χ3v) is 6.22. The van der Waals surface area contributed by atoms with Gasteiger partial charge in [-0.3, -0.25) is 4.79 Å². The van der Waals surface area contributed by atoms with Crippen LogP contribution in [0.15, 0.2) is 18.2 Å². The summed E-state index contributed by atoms with van der Waals surface area (Å²) in [5.41, 5.74) is 0.924. The molecule has 4 rings (SSSR count). The Kier molecular flexibility index (Phi) is 3.55. The van der Waals surface area contributed by atoms with Crippen LogP contribution in [0.4, 0.5) is 0 Å². The molecule has 0 N–H and O–H groups in total. The number of carbonyl (C=O) groups excluding carboxylic acids is 1. The van der Waals surface area contributed by atoms with Gasteiger partial charge in [0.25, 0.3) is 0 Å². The Morgan fingerprint density at radius 2 is 1.96 bits per heavy atom. The van der Waals surface area contributed by atoms with Crippen LogP contribution >= 0.6 is 0 Å². The fourth-order valence-corrected chi connectivity index (χ4v) is 4.64. The third kappa shape index (κ3) is 2.38. The highest BCUT2D eigenvalue weighted by molar-refractivity contribution is 5.89. The minimum atomic E-state index is -0.395. The van der Waals surface area contributed by atoms with Gasteiger partial charge >= 0.3 is 0 Å². The molecule has 0 saturated carbocycles. The zero-order chi connectivity index (χ0) is 16.9. The van der Waals surface area contributed by atoms with Gasteiger partial charge in [-0.2, -0.15) is 0 Å². The van der Waals surface area contributed by atoms with Crippen LogP contribution in [0.25, 0.3) is 0 Å². The Bertz CT molecular complexity index is 663. The number of rotatable bonds is 1. The van der Waals surface area contributed by atoms with E-state index in [0.29, 0.717) is 11.8 Å². The predicted octanol–water partition coefficient (Wildman–Crippen LogP) is 3.73. The van der Waals surface area contributed by atoms with Gasteiger partial charge in [0.1, 0.15) is 0 Å². The number of hydrogen-bond acceptors (Lipinski definition) is 3. The average Bonchev–Trinajstić information content (AvgIpc) is 2.98. The summed E-state index contributed by atoms with van der Waals surface area (Å²) < 4.78 is 11.0. The SMILES string of the molecule is CC(C)(C)[C@H]1CCN2CCC[C@](c3ccc4c(c3)OCO4)(C1)C2=O. The van der Waals surface area contributed by atoms with Crippen LogP contribution in [-0.2, 0) is 10.2 Å². The van der Waals surface area contributed by atoms with Crippen LogP contribution in [-0.4, -0.2) is 30.7 Å². The Morgan fingerprint density at radius 1 is 1.17 bits per heavy atom. The molecule has 2 saturated heterocycles. The van der Waals surface area contributed by atoms with Gasteiger partial charge in [-0.15, -0.1) is 0 Å². The molecule has 130 valence electrons. The van der Waals surface area contributed by atoms with Crippen LogP contribution < -0.4 is 9.47 Å². The minimum absolute atomic E-state index is 0.211. The van der Waals surface area contributed by atoms with Crippen molar-refractivity contribution in [3.63, 3.8) is 0 Å². The van der Waals surface area contributed by atoms with E-state index >= 15 is 0 Å². The van der Waals surface area contributed by atoms with Gasteiger partial charge < -0.3 is 14.4 Å². The molecule has 0 unspecified atom stereocenters. The molecule has 2 fully saturated rings. The largest absolute Gasteiger partial charge is 0.454 e. The lowest BCUT2D eigenvalue weighted by Gasteiger charge is -2.42. The number of benzene rings is 1. The van der Waals surface area contributed by atoms with E-state index in [4.69, 9.17) is 9.47 Å². The lowest BCUT2D eigenvalue weighted by Crippen LogP contribution is -2.50. The molecule has 0 radical (unpaired) electrons. The summed E-state index contributed by atoms with van der Waals surface area (Å²) >= 11 is 0. The standard InChI is InChI=1S/C20H27NO3/c1-19(2,3)15-7-10-21-9-4-8-20(12-15,18(21)22)14-5-6-16-17(11-14)24-13-23-16/h5-6,11,15H,4,7-10,12-13H2,1-3H3/t15-,20+/m0/s1. The zero-order valence-corrected chi connectivity index (χ0v) is 14.9. The molecule has 0 spiro atoms. The highest BCUT2D eigenvalue weighted by atomic mass is 16.7. The first-order valence-electron chi connectivity index (χ1n) is 9.10. The topological polar surface area (TPSA) is 38.8 Å². The maximum absolute atomic E-state index is 13.4. The fourth-order valence-electron chi connectivity index (χ4n) is 4.64. The van der Waals surface area contributed by atoms with Crippen molar-refractivity contribution >= 4 is 5.91 Å². The van der Waals surface area contributed by atoms with Crippen LogP contribution in [0.3, 0.4) is 0 Å². The van der Waals surface area contributed by atoms with E-state index in [9.17, 15) is 4.79 Å². The lowest BCUT2D eigenvalue weighted by molar-refractivity contribution is -0.140. The molecule has 1 aromatic rings. The predicted molar refractivity (Wildman–Crippen MR) is 92.2 cm³/mol. The normalized spacial score (nSPS) is 29.5. The smallest absolute Gasteiger partial charge is 0.233 e. The van der Waals surface area contributed by atoms with E-state index in [1.54, 1.807) is 0 Å². The monoisotopic (exact) mass is 329 g/mol. The molecular formula is C20H27NO3. The second-order valence-electron chi connectivity index (χ2n) is 8.60. The highest BCUT2D eigenvalue weighted by Gasteiger charge is 2.50. The number of amides is 1. The number of hydrogen-bond donors (Lipinski definition) is 0.